The Morgan fingerprint density at radius 2 is 2.06 bits per heavy atom. The Labute approximate surface area is 101 Å². The normalized spacial score (nSPS) is 10.0. The highest BCUT2D eigenvalue weighted by Gasteiger charge is 2.08. The van der Waals surface area contributed by atoms with Gasteiger partial charge in [0.25, 0.3) is 5.22 Å². The molecule has 0 saturated carbocycles. The number of hydrogen-bond donors (Lipinski definition) is 0. The second kappa shape index (κ2) is 5.01. The predicted octanol–water partition coefficient (Wildman–Crippen LogP) is 3.01. The highest BCUT2D eigenvalue weighted by Crippen LogP contribution is 2.23. The molecule has 2 rings (SSSR count). The number of nitrogens with zero attached hydrogens (tertiary/aromatic N) is 3. The number of benzene rings is 1. The van der Waals surface area contributed by atoms with E-state index < -0.39 is 0 Å². The van der Waals surface area contributed by atoms with Crippen molar-refractivity contribution in [3.05, 3.63) is 29.3 Å². The lowest BCUT2D eigenvalue weighted by atomic mass is 10.2. The van der Waals surface area contributed by atoms with E-state index in [1.54, 1.807) is 24.3 Å². The van der Waals surface area contributed by atoms with E-state index in [0.717, 1.165) is 5.56 Å². The molecule has 0 aliphatic heterocycles. The molecule has 2 aromatic rings. The van der Waals surface area contributed by atoms with E-state index in [4.69, 9.17) is 21.3 Å². The Balaban J connectivity index is 2.18. The molecule has 16 heavy (non-hydrogen) atoms. The first kappa shape index (κ1) is 11.0. The molecule has 1 heterocycles. The lowest BCUT2D eigenvalue weighted by molar-refractivity contribution is 0.466. The first-order valence-electron chi connectivity index (χ1n) is 4.39. The molecule has 0 unspecified atom stereocenters. The molecule has 0 aliphatic carbocycles. The average molecular weight is 252 g/mol. The molecule has 1 aromatic carbocycles. The molecule has 0 aliphatic rings. The molecule has 0 bridgehead atoms. The van der Waals surface area contributed by atoms with Gasteiger partial charge < -0.3 is 4.42 Å². The zero-order valence-corrected chi connectivity index (χ0v) is 9.63. The van der Waals surface area contributed by atoms with Crippen molar-refractivity contribution in [1.82, 2.24) is 10.2 Å². The molecule has 0 N–H and O–H groups in total. The Bertz CT molecular complexity index is 518. The van der Waals surface area contributed by atoms with Crippen LogP contribution in [0.4, 0.5) is 0 Å². The molecule has 1 aromatic heterocycles. The summed E-state index contributed by atoms with van der Waals surface area (Å²) in [7, 11) is 0. The van der Waals surface area contributed by atoms with E-state index in [2.05, 4.69) is 10.2 Å². The largest absolute Gasteiger partial charge is 0.411 e. The Hall–Kier alpha value is -1.51. The second-order valence-electron chi connectivity index (χ2n) is 2.83. The maximum Gasteiger partial charge on any atom is 0.277 e. The minimum Gasteiger partial charge on any atom is -0.411 e. The van der Waals surface area contributed by atoms with Crippen LogP contribution in [0.15, 0.2) is 33.9 Å². The van der Waals surface area contributed by atoms with E-state index in [9.17, 15) is 0 Å². The molecule has 4 nitrogen and oxygen atoms in total. The predicted molar refractivity (Wildman–Crippen MR) is 61.1 cm³/mol. The third-order valence-corrected chi connectivity index (χ3v) is 2.70. The first-order chi connectivity index (χ1) is 7.79. The fraction of sp³-hybridized carbons (Fsp3) is 0.100. The highest BCUT2D eigenvalue weighted by molar-refractivity contribution is 7.99. The summed E-state index contributed by atoms with van der Waals surface area (Å²) < 4.78 is 5.36. The Kier molecular flexibility index (Phi) is 3.44. The summed E-state index contributed by atoms with van der Waals surface area (Å²) in [6, 6.07) is 9.10. The maximum absolute atomic E-state index is 8.41. The van der Waals surface area contributed by atoms with Crippen molar-refractivity contribution in [1.29, 1.82) is 5.26 Å². The monoisotopic (exact) mass is 251 g/mol. The summed E-state index contributed by atoms with van der Waals surface area (Å²) in [6.45, 7) is 0. The van der Waals surface area contributed by atoms with Crippen LogP contribution in [0.25, 0.3) is 11.5 Å². The molecule has 0 fully saturated rings. The van der Waals surface area contributed by atoms with Gasteiger partial charge in [0.05, 0.1) is 11.8 Å². The van der Waals surface area contributed by atoms with Crippen LogP contribution in [0.5, 0.6) is 0 Å². The fourth-order valence-corrected chi connectivity index (χ4v) is 1.62. The number of thioether (sulfide) groups is 1. The van der Waals surface area contributed by atoms with Gasteiger partial charge in [-0.15, -0.1) is 10.2 Å². The van der Waals surface area contributed by atoms with E-state index >= 15 is 0 Å². The topological polar surface area (TPSA) is 62.7 Å². The zero-order chi connectivity index (χ0) is 11.4. The third-order valence-electron chi connectivity index (χ3n) is 1.76. The van der Waals surface area contributed by atoms with Gasteiger partial charge in [0.2, 0.25) is 5.89 Å². The van der Waals surface area contributed by atoms with Gasteiger partial charge in [-0.25, -0.2) is 0 Å². The number of aromatic nitrogens is 2. The maximum atomic E-state index is 8.41. The van der Waals surface area contributed by atoms with Crippen LogP contribution < -0.4 is 0 Å². The van der Waals surface area contributed by atoms with Gasteiger partial charge in [0.15, 0.2) is 0 Å². The quantitative estimate of drug-likeness (QED) is 0.785. The summed E-state index contributed by atoms with van der Waals surface area (Å²) in [5.41, 5.74) is 0.806. The van der Waals surface area contributed by atoms with Crippen LogP contribution in [-0.4, -0.2) is 16.0 Å². The summed E-state index contributed by atoms with van der Waals surface area (Å²) in [4.78, 5) is 0. The summed E-state index contributed by atoms with van der Waals surface area (Å²) >= 11 is 6.98. The Morgan fingerprint density at radius 3 is 2.75 bits per heavy atom. The van der Waals surface area contributed by atoms with Crippen LogP contribution in [0.1, 0.15) is 0 Å². The Morgan fingerprint density at radius 1 is 1.31 bits per heavy atom. The molecule has 0 radical (unpaired) electrons. The second-order valence-corrected chi connectivity index (χ2v) is 4.19. The third kappa shape index (κ3) is 2.54. The van der Waals surface area contributed by atoms with Gasteiger partial charge in [-0.05, 0) is 24.3 Å². The van der Waals surface area contributed by atoms with Gasteiger partial charge in [0.1, 0.15) is 0 Å². The van der Waals surface area contributed by atoms with Gasteiger partial charge in [0, 0.05) is 10.6 Å². The van der Waals surface area contributed by atoms with E-state index in [0.29, 0.717) is 21.9 Å². The summed E-state index contributed by atoms with van der Waals surface area (Å²) in [5.74, 6) is 0.722. The number of rotatable bonds is 3. The highest BCUT2D eigenvalue weighted by atomic mass is 35.5. The first-order valence-corrected chi connectivity index (χ1v) is 5.75. The number of hydrogen-bond acceptors (Lipinski definition) is 5. The molecule has 0 amide bonds. The van der Waals surface area contributed by atoms with Crippen molar-refractivity contribution in [2.75, 3.05) is 5.75 Å². The molecule has 6 heteroatoms. The standard InChI is InChI=1S/C10H6ClN3OS/c11-8-3-1-7(2-4-8)9-13-14-10(15-9)16-6-5-12/h1-4H,6H2. The van der Waals surface area contributed by atoms with Crippen LogP contribution >= 0.6 is 23.4 Å². The molecule has 0 atom stereocenters. The molecule has 80 valence electrons. The van der Waals surface area contributed by atoms with Crippen molar-refractivity contribution in [2.45, 2.75) is 5.22 Å². The van der Waals surface area contributed by atoms with Crippen molar-refractivity contribution in [3.63, 3.8) is 0 Å². The lowest BCUT2D eigenvalue weighted by Crippen LogP contribution is -1.76. The SMILES string of the molecule is N#CCSc1nnc(-c2ccc(Cl)cc2)o1. The van der Waals surface area contributed by atoms with Gasteiger partial charge >= 0.3 is 0 Å². The fourth-order valence-electron chi connectivity index (χ4n) is 1.07. The number of nitriles is 1. The summed E-state index contributed by atoms with van der Waals surface area (Å²) in [5, 5.41) is 17.2. The van der Waals surface area contributed by atoms with Crippen molar-refractivity contribution >= 4 is 23.4 Å². The van der Waals surface area contributed by atoms with E-state index in [1.807, 2.05) is 6.07 Å². The van der Waals surface area contributed by atoms with Gasteiger partial charge in [-0.3, -0.25) is 0 Å². The van der Waals surface area contributed by atoms with Crippen LogP contribution in [0, 0.1) is 11.3 Å². The summed E-state index contributed by atoms with van der Waals surface area (Å²) in [6.07, 6.45) is 0. The van der Waals surface area contributed by atoms with Crippen LogP contribution in [0.3, 0.4) is 0 Å². The van der Waals surface area contributed by atoms with Crippen molar-refractivity contribution in [2.24, 2.45) is 0 Å². The molecule has 0 spiro atoms. The average Bonchev–Trinajstić information content (AvgIpc) is 2.76. The lowest BCUT2D eigenvalue weighted by Gasteiger charge is -1.93. The zero-order valence-electron chi connectivity index (χ0n) is 8.05. The molecule has 0 saturated heterocycles. The van der Waals surface area contributed by atoms with Gasteiger partial charge in [-0.1, -0.05) is 23.4 Å². The smallest absolute Gasteiger partial charge is 0.277 e. The van der Waals surface area contributed by atoms with Crippen LogP contribution in [-0.2, 0) is 0 Å². The minimum atomic E-state index is 0.294. The number of halogens is 1. The van der Waals surface area contributed by atoms with Gasteiger partial charge in [-0.2, -0.15) is 5.26 Å². The molecular formula is C10H6ClN3OS. The van der Waals surface area contributed by atoms with Crippen LogP contribution in [0.2, 0.25) is 5.02 Å². The molecular weight excluding hydrogens is 246 g/mol. The minimum absolute atomic E-state index is 0.294. The van der Waals surface area contributed by atoms with Crippen molar-refractivity contribution in [3.8, 4) is 17.5 Å². The van der Waals surface area contributed by atoms with E-state index in [1.165, 1.54) is 11.8 Å². The van der Waals surface area contributed by atoms with E-state index in [-0.39, 0.29) is 0 Å². The van der Waals surface area contributed by atoms with Crippen molar-refractivity contribution < 1.29 is 4.42 Å².